The van der Waals surface area contributed by atoms with Gasteiger partial charge < -0.3 is 0 Å². The Bertz CT molecular complexity index is 1830. The maximum absolute atomic E-state index is 2.31. The van der Waals surface area contributed by atoms with Crippen LogP contribution in [0.25, 0.3) is 63.3 Å². The number of hydrogen-bond donors (Lipinski definition) is 0. The van der Waals surface area contributed by atoms with E-state index in [-0.39, 0.29) is 0 Å². The lowest BCUT2D eigenvalue weighted by atomic mass is 9.87. The molecule has 0 amide bonds. The van der Waals surface area contributed by atoms with E-state index in [2.05, 4.69) is 134 Å². The van der Waals surface area contributed by atoms with E-state index in [1.807, 2.05) is 22.7 Å². The second-order valence-corrected chi connectivity index (χ2v) is 11.6. The lowest BCUT2D eigenvalue weighted by Crippen LogP contribution is -1.89. The Morgan fingerprint density at radius 1 is 0.378 bits per heavy atom. The van der Waals surface area contributed by atoms with E-state index in [9.17, 15) is 0 Å². The normalized spacial score (nSPS) is 11.4. The SMILES string of the molecule is Cc1cccc(-c2c3ccccc3c(-c3ccc(-c4ccc(-c5ccccc5)s4)s3)c3ccccc23)c1. The molecule has 5 aromatic carbocycles. The minimum Gasteiger partial charge on any atom is -0.134 e. The number of fused-ring (bicyclic) bond motifs is 2. The van der Waals surface area contributed by atoms with Gasteiger partial charge in [0, 0.05) is 25.1 Å². The molecule has 0 aliphatic heterocycles. The first kappa shape index (κ1) is 22.2. The summed E-state index contributed by atoms with van der Waals surface area (Å²) in [4.78, 5) is 5.26. The summed E-state index contributed by atoms with van der Waals surface area (Å²) < 4.78 is 0. The molecule has 7 rings (SSSR count). The Balaban J connectivity index is 1.43. The van der Waals surface area contributed by atoms with Crippen LogP contribution in [0.5, 0.6) is 0 Å². The van der Waals surface area contributed by atoms with E-state index >= 15 is 0 Å². The summed E-state index contributed by atoms with van der Waals surface area (Å²) >= 11 is 3.76. The molecule has 0 saturated carbocycles. The van der Waals surface area contributed by atoms with E-state index in [1.54, 1.807) is 0 Å². The van der Waals surface area contributed by atoms with Crippen LogP contribution in [0.1, 0.15) is 5.56 Å². The van der Waals surface area contributed by atoms with Crippen LogP contribution in [0.4, 0.5) is 0 Å². The highest BCUT2D eigenvalue weighted by molar-refractivity contribution is 7.25. The first-order valence-corrected chi connectivity index (χ1v) is 14.2. The van der Waals surface area contributed by atoms with Gasteiger partial charge in [-0.3, -0.25) is 0 Å². The minimum absolute atomic E-state index is 1.28. The van der Waals surface area contributed by atoms with Crippen LogP contribution in [-0.4, -0.2) is 0 Å². The molecule has 0 saturated heterocycles. The largest absolute Gasteiger partial charge is 0.134 e. The Hall–Kier alpha value is -3.98. The third kappa shape index (κ3) is 3.90. The molecule has 2 heteroatoms. The van der Waals surface area contributed by atoms with Gasteiger partial charge in [0.1, 0.15) is 0 Å². The Morgan fingerprint density at radius 2 is 0.865 bits per heavy atom. The van der Waals surface area contributed by atoms with Crippen molar-refractivity contribution in [1.29, 1.82) is 0 Å². The zero-order chi connectivity index (χ0) is 24.8. The van der Waals surface area contributed by atoms with Crippen molar-refractivity contribution in [3.63, 3.8) is 0 Å². The zero-order valence-corrected chi connectivity index (χ0v) is 22.1. The summed E-state index contributed by atoms with van der Waals surface area (Å²) in [6, 6.07) is 46.4. The molecule has 0 unspecified atom stereocenters. The highest BCUT2D eigenvalue weighted by atomic mass is 32.1. The summed E-state index contributed by atoms with van der Waals surface area (Å²) in [7, 11) is 0. The first-order valence-electron chi connectivity index (χ1n) is 12.5. The number of rotatable bonds is 4. The fourth-order valence-electron chi connectivity index (χ4n) is 5.34. The van der Waals surface area contributed by atoms with E-state index in [0.717, 1.165) is 0 Å². The molecule has 0 fully saturated rings. The Labute approximate surface area is 225 Å². The third-order valence-electron chi connectivity index (χ3n) is 7.00. The molecule has 7 aromatic rings. The van der Waals surface area contributed by atoms with Crippen LogP contribution in [0, 0.1) is 6.92 Å². The van der Waals surface area contributed by atoms with Crippen LogP contribution in [0.2, 0.25) is 0 Å². The molecule has 0 radical (unpaired) electrons. The first-order chi connectivity index (χ1) is 18.3. The Morgan fingerprint density at radius 3 is 1.49 bits per heavy atom. The average molecular weight is 509 g/mol. The van der Waals surface area contributed by atoms with Gasteiger partial charge in [-0.05, 0) is 69.4 Å². The molecule has 0 spiro atoms. The average Bonchev–Trinajstić information content (AvgIpc) is 3.62. The second kappa shape index (κ2) is 9.15. The molecule has 0 N–H and O–H groups in total. The molecule has 2 aromatic heterocycles. The van der Waals surface area contributed by atoms with Crippen molar-refractivity contribution in [3.05, 3.63) is 133 Å². The van der Waals surface area contributed by atoms with Gasteiger partial charge in [0.05, 0.1) is 0 Å². The van der Waals surface area contributed by atoms with E-state index in [1.165, 1.54) is 68.9 Å². The van der Waals surface area contributed by atoms with Gasteiger partial charge in [-0.1, -0.05) is 109 Å². The Kier molecular flexibility index (Phi) is 5.50. The van der Waals surface area contributed by atoms with Crippen LogP contribution in [0.3, 0.4) is 0 Å². The van der Waals surface area contributed by atoms with Gasteiger partial charge in [-0.25, -0.2) is 0 Å². The van der Waals surface area contributed by atoms with Crippen molar-refractivity contribution in [1.82, 2.24) is 0 Å². The predicted molar refractivity (Wildman–Crippen MR) is 164 cm³/mol. The summed E-state index contributed by atoms with van der Waals surface area (Å²) in [5.74, 6) is 0. The monoisotopic (exact) mass is 508 g/mol. The number of thiophene rings is 2. The molecule has 176 valence electrons. The van der Waals surface area contributed by atoms with Gasteiger partial charge in [-0.15, -0.1) is 22.7 Å². The number of aryl methyl sites for hydroxylation is 1. The van der Waals surface area contributed by atoms with Crippen LogP contribution in [-0.2, 0) is 0 Å². The fourth-order valence-corrected chi connectivity index (χ4v) is 7.52. The quantitative estimate of drug-likeness (QED) is 0.207. The van der Waals surface area contributed by atoms with Crippen LogP contribution in [0.15, 0.2) is 127 Å². The molecular weight excluding hydrogens is 485 g/mol. The van der Waals surface area contributed by atoms with Crippen molar-refractivity contribution in [3.8, 4) is 41.8 Å². The predicted octanol–water partition coefficient (Wildman–Crippen LogP) is 11.1. The van der Waals surface area contributed by atoms with Crippen molar-refractivity contribution >= 4 is 44.2 Å². The van der Waals surface area contributed by atoms with Gasteiger partial charge in [0.2, 0.25) is 0 Å². The lowest BCUT2D eigenvalue weighted by molar-refractivity contribution is 1.47. The lowest BCUT2D eigenvalue weighted by Gasteiger charge is -2.17. The molecule has 0 nitrogen and oxygen atoms in total. The van der Waals surface area contributed by atoms with E-state index in [4.69, 9.17) is 0 Å². The highest BCUT2D eigenvalue weighted by Gasteiger charge is 2.18. The second-order valence-electron chi connectivity index (χ2n) is 9.40. The summed E-state index contributed by atoms with van der Waals surface area (Å²) in [6.07, 6.45) is 0. The third-order valence-corrected chi connectivity index (χ3v) is 9.43. The van der Waals surface area contributed by atoms with Crippen molar-refractivity contribution in [2.45, 2.75) is 6.92 Å². The van der Waals surface area contributed by atoms with Crippen LogP contribution < -0.4 is 0 Å². The van der Waals surface area contributed by atoms with Crippen molar-refractivity contribution < 1.29 is 0 Å². The number of hydrogen-bond acceptors (Lipinski definition) is 2. The van der Waals surface area contributed by atoms with E-state index in [0.29, 0.717) is 0 Å². The fraction of sp³-hybridized carbons (Fsp3) is 0.0286. The molecule has 0 aliphatic rings. The molecule has 2 heterocycles. The molecule has 0 bridgehead atoms. The van der Waals surface area contributed by atoms with Gasteiger partial charge in [-0.2, -0.15) is 0 Å². The molecule has 37 heavy (non-hydrogen) atoms. The maximum Gasteiger partial charge on any atom is 0.0449 e. The van der Waals surface area contributed by atoms with Gasteiger partial charge in [0.15, 0.2) is 0 Å². The van der Waals surface area contributed by atoms with Crippen molar-refractivity contribution in [2.24, 2.45) is 0 Å². The number of benzene rings is 5. The van der Waals surface area contributed by atoms with Gasteiger partial charge >= 0.3 is 0 Å². The van der Waals surface area contributed by atoms with E-state index < -0.39 is 0 Å². The summed E-state index contributed by atoms with van der Waals surface area (Å²) in [6.45, 7) is 2.17. The maximum atomic E-state index is 2.31. The molecule has 0 aliphatic carbocycles. The van der Waals surface area contributed by atoms with Crippen molar-refractivity contribution in [2.75, 3.05) is 0 Å². The smallest absolute Gasteiger partial charge is 0.0449 e. The van der Waals surface area contributed by atoms with Crippen LogP contribution >= 0.6 is 22.7 Å². The molecule has 0 atom stereocenters. The molecular formula is C35H24S2. The minimum atomic E-state index is 1.28. The zero-order valence-electron chi connectivity index (χ0n) is 20.4. The standard InChI is InChI=1S/C35H24S2/c1-23-10-9-13-25(22-23)34-26-14-5-7-16-28(26)35(29-17-8-6-15-27(29)34)33-21-20-32(37-33)31-19-18-30(36-31)24-11-3-2-4-12-24/h2-22H,1H3. The summed E-state index contributed by atoms with van der Waals surface area (Å²) in [5.41, 5.74) is 6.49. The summed E-state index contributed by atoms with van der Waals surface area (Å²) in [5, 5.41) is 5.22. The topological polar surface area (TPSA) is 0 Å². The highest BCUT2D eigenvalue weighted by Crippen LogP contribution is 2.47. The van der Waals surface area contributed by atoms with Gasteiger partial charge in [0.25, 0.3) is 0 Å².